The Kier molecular flexibility index (Phi) is 5.79. The molecule has 0 radical (unpaired) electrons. The maximum absolute atomic E-state index is 11.7. The van der Waals surface area contributed by atoms with Gasteiger partial charge in [0, 0.05) is 24.0 Å². The minimum absolute atomic E-state index is 0.189. The van der Waals surface area contributed by atoms with Crippen molar-refractivity contribution in [1.29, 1.82) is 0 Å². The van der Waals surface area contributed by atoms with E-state index >= 15 is 0 Å². The third-order valence-electron chi connectivity index (χ3n) is 4.19. The Morgan fingerprint density at radius 2 is 2.14 bits per heavy atom. The summed E-state index contributed by atoms with van der Waals surface area (Å²) in [5.74, 6) is 5.70. The number of aryl methyl sites for hydroxylation is 1. The van der Waals surface area contributed by atoms with Crippen LogP contribution in [0.2, 0.25) is 0 Å². The topological polar surface area (TPSA) is 58.4 Å². The molecule has 1 heterocycles. The molecule has 1 fully saturated rings. The second kappa shape index (κ2) is 7.38. The zero-order valence-electron chi connectivity index (χ0n) is 13.3. The number of carbonyl (C=O) groups is 1. The van der Waals surface area contributed by atoms with Gasteiger partial charge >= 0.3 is 0 Å². The number of carbonyl (C=O) groups excluding carboxylic acids is 1. The molecule has 1 aromatic heterocycles. The Balaban J connectivity index is 2.11. The Morgan fingerprint density at radius 1 is 1.48 bits per heavy atom. The zero-order chi connectivity index (χ0) is 15.4. The van der Waals surface area contributed by atoms with Crippen LogP contribution in [0.5, 0.6) is 0 Å². The van der Waals surface area contributed by atoms with Crippen LogP contribution in [-0.4, -0.2) is 23.4 Å². The number of nitrogen functional groups attached to an aromatic ring is 1. The van der Waals surface area contributed by atoms with Crippen molar-refractivity contribution >= 4 is 17.2 Å². The summed E-state index contributed by atoms with van der Waals surface area (Å²) in [6.45, 7) is 8.71. The molecular formula is C16H27N3OS. The van der Waals surface area contributed by atoms with Gasteiger partial charge < -0.3 is 0 Å². The van der Waals surface area contributed by atoms with Crippen LogP contribution in [0.15, 0.2) is 6.07 Å². The molecule has 1 saturated carbocycles. The molecule has 1 aliphatic carbocycles. The fourth-order valence-electron chi connectivity index (χ4n) is 3.16. The number of hydrogen-bond donors (Lipinski definition) is 2. The van der Waals surface area contributed by atoms with Gasteiger partial charge in [-0.1, -0.05) is 26.7 Å². The van der Waals surface area contributed by atoms with Gasteiger partial charge in [-0.15, -0.1) is 11.3 Å². The molecule has 3 N–H and O–H groups in total. The van der Waals surface area contributed by atoms with E-state index in [1.54, 1.807) is 0 Å². The predicted molar refractivity (Wildman–Crippen MR) is 88.2 cm³/mol. The van der Waals surface area contributed by atoms with Crippen molar-refractivity contribution in [2.75, 3.05) is 6.54 Å². The minimum atomic E-state index is -0.189. The van der Waals surface area contributed by atoms with Crippen molar-refractivity contribution in [2.24, 2.45) is 11.8 Å². The monoisotopic (exact) mass is 309 g/mol. The Bertz CT molecular complexity index is 478. The van der Waals surface area contributed by atoms with E-state index in [0.29, 0.717) is 16.8 Å². The normalized spacial score (nSPS) is 16.1. The van der Waals surface area contributed by atoms with Crippen LogP contribution in [-0.2, 0) is 6.54 Å². The van der Waals surface area contributed by atoms with Crippen molar-refractivity contribution in [3.63, 3.8) is 0 Å². The molecule has 5 heteroatoms. The van der Waals surface area contributed by atoms with Gasteiger partial charge in [0.25, 0.3) is 5.91 Å². The molecule has 0 atom stereocenters. The van der Waals surface area contributed by atoms with Gasteiger partial charge in [-0.2, -0.15) is 0 Å². The second-order valence-electron chi connectivity index (χ2n) is 6.43. The fraction of sp³-hybridized carbons (Fsp3) is 0.688. The van der Waals surface area contributed by atoms with Crippen LogP contribution in [0.1, 0.15) is 59.6 Å². The van der Waals surface area contributed by atoms with Gasteiger partial charge in [0.2, 0.25) is 0 Å². The predicted octanol–water partition coefficient (Wildman–Crippen LogP) is 3.06. The zero-order valence-corrected chi connectivity index (χ0v) is 14.1. The van der Waals surface area contributed by atoms with Gasteiger partial charge in [-0.3, -0.25) is 15.1 Å². The molecular weight excluding hydrogens is 282 g/mol. The van der Waals surface area contributed by atoms with Gasteiger partial charge in [0.05, 0.1) is 4.88 Å². The van der Waals surface area contributed by atoms with E-state index in [1.807, 2.05) is 6.07 Å². The van der Waals surface area contributed by atoms with Crippen molar-refractivity contribution < 1.29 is 4.79 Å². The van der Waals surface area contributed by atoms with Crippen LogP contribution in [0.4, 0.5) is 0 Å². The SMILES string of the molecule is Cc1sc(C(=O)NN)cc1CN(CC(C)C)C1CCCC1. The number of nitrogens with one attached hydrogen (secondary N) is 1. The van der Waals surface area contributed by atoms with Crippen LogP contribution < -0.4 is 11.3 Å². The van der Waals surface area contributed by atoms with E-state index in [1.165, 1.54) is 47.5 Å². The van der Waals surface area contributed by atoms with E-state index in [-0.39, 0.29) is 5.91 Å². The lowest BCUT2D eigenvalue weighted by atomic mass is 10.1. The standard InChI is InChI=1S/C16H27N3OS/c1-11(2)9-19(14-6-4-5-7-14)10-13-8-15(16(20)18-17)21-12(13)3/h8,11,14H,4-7,9-10,17H2,1-3H3,(H,18,20). The summed E-state index contributed by atoms with van der Waals surface area (Å²) >= 11 is 1.53. The van der Waals surface area contributed by atoms with Crippen molar-refractivity contribution in [3.05, 3.63) is 21.4 Å². The summed E-state index contributed by atoms with van der Waals surface area (Å²) in [4.78, 5) is 16.2. The quantitative estimate of drug-likeness (QED) is 0.482. The number of hydrazine groups is 1. The molecule has 4 nitrogen and oxygen atoms in total. The van der Waals surface area contributed by atoms with Crippen LogP contribution in [0.3, 0.4) is 0 Å². The Morgan fingerprint density at radius 3 is 2.71 bits per heavy atom. The lowest BCUT2D eigenvalue weighted by Crippen LogP contribution is -2.35. The van der Waals surface area contributed by atoms with E-state index < -0.39 is 0 Å². The molecule has 21 heavy (non-hydrogen) atoms. The smallest absolute Gasteiger partial charge is 0.275 e. The third-order valence-corrected chi connectivity index (χ3v) is 5.28. The summed E-state index contributed by atoms with van der Waals surface area (Å²) in [6, 6.07) is 2.71. The number of nitrogens with zero attached hydrogens (tertiary/aromatic N) is 1. The first-order chi connectivity index (χ1) is 10.0. The van der Waals surface area contributed by atoms with E-state index in [9.17, 15) is 4.79 Å². The first-order valence-electron chi connectivity index (χ1n) is 7.85. The molecule has 2 rings (SSSR count). The molecule has 118 valence electrons. The average molecular weight is 309 g/mol. The highest BCUT2D eigenvalue weighted by atomic mass is 32.1. The summed E-state index contributed by atoms with van der Waals surface area (Å²) in [5, 5.41) is 0. The third kappa shape index (κ3) is 4.28. The number of hydrogen-bond acceptors (Lipinski definition) is 4. The number of rotatable bonds is 6. The highest BCUT2D eigenvalue weighted by Crippen LogP contribution is 2.28. The largest absolute Gasteiger partial charge is 0.296 e. The molecule has 1 aliphatic rings. The number of thiophene rings is 1. The number of nitrogens with two attached hydrogens (primary N) is 1. The maximum atomic E-state index is 11.7. The van der Waals surface area contributed by atoms with Gasteiger partial charge in [-0.25, -0.2) is 5.84 Å². The molecule has 0 saturated heterocycles. The van der Waals surface area contributed by atoms with E-state index in [0.717, 1.165) is 13.1 Å². The average Bonchev–Trinajstić information content (AvgIpc) is 3.07. The van der Waals surface area contributed by atoms with E-state index in [4.69, 9.17) is 5.84 Å². The summed E-state index contributed by atoms with van der Waals surface area (Å²) < 4.78 is 0. The van der Waals surface area contributed by atoms with Crippen LogP contribution in [0, 0.1) is 12.8 Å². The maximum Gasteiger partial charge on any atom is 0.275 e. The van der Waals surface area contributed by atoms with Gasteiger partial charge in [-0.05, 0) is 37.3 Å². The van der Waals surface area contributed by atoms with Crippen LogP contribution >= 0.6 is 11.3 Å². The summed E-state index contributed by atoms with van der Waals surface area (Å²) in [5.41, 5.74) is 3.49. The molecule has 0 aliphatic heterocycles. The Hall–Kier alpha value is -0.910. The summed E-state index contributed by atoms with van der Waals surface area (Å²) in [7, 11) is 0. The Labute approximate surface area is 131 Å². The first-order valence-corrected chi connectivity index (χ1v) is 8.67. The first kappa shape index (κ1) is 16.5. The molecule has 1 aromatic rings. The highest BCUT2D eigenvalue weighted by Gasteiger charge is 2.24. The van der Waals surface area contributed by atoms with Gasteiger partial charge in [0.1, 0.15) is 0 Å². The lowest BCUT2D eigenvalue weighted by molar-refractivity contribution is 0.0957. The van der Waals surface area contributed by atoms with Crippen molar-refractivity contribution in [2.45, 2.75) is 59.0 Å². The molecule has 0 aromatic carbocycles. The minimum Gasteiger partial charge on any atom is -0.296 e. The van der Waals surface area contributed by atoms with Crippen molar-refractivity contribution in [1.82, 2.24) is 10.3 Å². The second-order valence-corrected chi connectivity index (χ2v) is 7.68. The molecule has 0 unspecified atom stereocenters. The van der Waals surface area contributed by atoms with Crippen LogP contribution in [0.25, 0.3) is 0 Å². The molecule has 1 amide bonds. The number of amides is 1. The van der Waals surface area contributed by atoms with Crippen molar-refractivity contribution in [3.8, 4) is 0 Å². The summed E-state index contributed by atoms with van der Waals surface area (Å²) in [6.07, 6.45) is 5.32. The lowest BCUT2D eigenvalue weighted by Gasteiger charge is -2.30. The molecule has 0 spiro atoms. The highest BCUT2D eigenvalue weighted by molar-refractivity contribution is 7.14. The van der Waals surface area contributed by atoms with E-state index in [2.05, 4.69) is 31.1 Å². The molecule has 0 bridgehead atoms. The van der Waals surface area contributed by atoms with Gasteiger partial charge in [0.15, 0.2) is 0 Å². The fourth-order valence-corrected chi connectivity index (χ4v) is 4.10.